The van der Waals surface area contributed by atoms with Crippen LogP contribution in [0.5, 0.6) is 0 Å². The number of aromatic nitrogens is 4. The average Bonchev–Trinajstić information content (AvgIpc) is 3.25. The number of carbonyl (C=O) groups excluding carboxylic acids is 1. The van der Waals surface area contributed by atoms with Crippen LogP contribution in [0.2, 0.25) is 0 Å². The number of amides is 1. The molecule has 0 unspecified atom stereocenters. The van der Waals surface area contributed by atoms with E-state index < -0.39 is 0 Å². The fraction of sp³-hybridized carbons (Fsp3) is 0.636. The predicted molar refractivity (Wildman–Crippen MR) is 121 cm³/mol. The van der Waals surface area contributed by atoms with Gasteiger partial charge in [-0.15, -0.1) is 10.2 Å². The summed E-state index contributed by atoms with van der Waals surface area (Å²) in [4.78, 5) is 12.8. The van der Waals surface area contributed by atoms with Gasteiger partial charge in [-0.1, -0.05) is 31.0 Å². The lowest BCUT2D eigenvalue weighted by Crippen LogP contribution is -2.20. The molecule has 1 saturated carbocycles. The van der Waals surface area contributed by atoms with E-state index in [1.54, 1.807) is 7.11 Å². The molecule has 0 aromatic carbocycles. The van der Waals surface area contributed by atoms with Crippen molar-refractivity contribution in [1.82, 2.24) is 19.3 Å². The molecule has 0 saturated heterocycles. The fourth-order valence-electron chi connectivity index (χ4n) is 4.28. The van der Waals surface area contributed by atoms with Gasteiger partial charge >= 0.3 is 0 Å². The number of hydrogen-bond donors (Lipinski definition) is 1. The SMILES string of the molecule is COCCCn1c(C)c(C)c(C#N)c1NC(=O)CSc1nnc(C)n1C1CCCCC1. The van der Waals surface area contributed by atoms with E-state index in [9.17, 15) is 10.1 Å². The Labute approximate surface area is 188 Å². The van der Waals surface area contributed by atoms with Crippen LogP contribution in [0, 0.1) is 32.1 Å². The maximum atomic E-state index is 12.8. The highest BCUT2D eigenvalue weighted by atomic mass is 32.2. The summed E-state index contributed by atoms with van der Waals surface area (Å²) in [6.07, 6.45) is 6.81. The van der Waals surface area contributed by atoms with Crippen LogP contribution in [0.15, 0.2) is 5.16 Å². The summed E-state index contributed by atoms with van der Waals surface area (Å²) < 4.78 is 9.35. The quantitative estimate of drug-likeness (QED) is 0.461. The highest BCUT2D eigenvalue weighted by Gasteiger charge is 2.23. The van der Waals surface area contributed by atoms with Gasteiger partial charge in [-0.3, -0.25) is 4.79 Å². The summed E-state index contributed by atoms with van der Waals surface area (Å²) in [5.41, 5.74) is 2.41. The molecule has 31 heavy (non-hydrogen) atoms. The van der Waals surface area contributed by atoms with Gasteiger partial charge in [-0.05, 0) is 45.6 Å². The van der Waals surface area contributed by atoms with Gasteiger partial charge in [0.1, 0.15) is 17.7 Å². The first-order valence-electron chi connectivity index (χ1n) is 10.9. The van der Waals surface area contributed by atoms with E-state index in [2.05, 4.69) is 26.2 Å². The Hall–Kier alpha value is -2.31. The summed E-state index contributed by atoms with van der Waals surface area (Å²) in [7, 11) is 1.67. The molecule has 168 valence electrons. The number of thioether (sulfide) groups is 1. The smallest absolute Gasteiger partial charge is 0.235 e. The summed E-state index contributed by atoms with van der Waals surface area (Å²) in [5, 5.41) is 22.0. The number of rotatable bonds is 9. The molecule has 1 N–H and O–H groups in total. The number of nitrogens with one attached hydrogen (secondary N) is 1. The molecule has 1 amide bonds. The lowest BCUT2D eigenvalue weighted by molar-refractivity contribution is -0.113. The minimum atomic E-state index is -0.150. The molecule has 1 aliphatic carbocycles. The highest BCUT2D eigenvalue weighted by Crippen LogP contribution is 2.32. The lowest BCUT2D eigenvalue weighted by atomic mass is 9.95. The third-order valence-electron chi connectivity index (χ3n) is 6.04. The number of nitrogens with zero attached hydrogens (tertiary/aromatic N) is 5. The molecule has 2 aromatic rings. The summed E-state index contributed by atoms with van der Waals surface area (Å²) in [6, 6.07) is 2.67. The number of hydrogen-bond acceptors (Lipinski definition) is 6. The van der Waals surface area contributed by atoms with Gasteiger partial charge in [-0.2, -0.15) is 5.26 Å². The van der Waals surface area contributed by atoms with Crippen LogP contribution in [0.1, 0.15) is 67.2 Å². The van der Waals surface area contributed by atoms with Crippen molar-refractivity contribution in [3.8, 4) is 6.07 Å². The number of methoxy groups -OCH3 is 1. The molecule has 9 heteroatoms. The maximum Gasteiger partial charge on any atom is 0.235 e. The second-order valence-corrected chi connectivity index (χ2v) is 9.01. The van der Waals surface area contributed by atoms with E-state index in [-0.39, 0.29) is 11.7 Å². The van der Waals surface area contributed by atoms with Crippen molar-refractivity contribution in [1.29, 1.82) is 5.26 Å². The van der Waals surface area contributed by atoms with E-state index in [4.69, 9.17) is 4.74 Å². The molecule has 0 bridgehead atoms. The minimum absolute atomic E-state index is 0.150. The maximum absolute atomic E-state index is 12.8. The van der Waals surface area contributed by atoms with Gasteiger partial charge < -0.3 is 19.2 Å². The Morgan fingerprint density at radius 1 is 1.26 bits per heavy atom. The minimum Gasteiger partial charge on any atom is -0.385 e. The van der Waals surface area contributed by atoms with Gasteiger partial charge in [0.15, 0.2) is 5.16 Å². The van der Waals surface area contributed by atoms with E-state index in [0.717, 1.165) is 41.5 Å². The molecule has 1 fully saturated rings. The van der Waals surface area contributed by atoms with Gasteiger partial charge in [0, 0.05) is 32.0 Å². The van der Waals surface area contributed by atoms with Crippen LogP contribution < -0.4 is 5.32 Å². The normalized spacial score (nSPS) is 14.5. The number of aryl methyl sites for hydroxylation is 1. The molecule has 2 heterocycles. The lowest BCUT2D eigenvalue weighted by Gasteiger charge is -2.24. The molecular formula is C22H32N6O2S. The molecule has 0 radical (unpaired) electrons. The molecule has 3 rings (SSSR count). The largest absolute Gasteiger partial charge is 0.385 e. The van der Waals surface area contributed by atoms with E-state index >= 15 is 0 Å². The third kappa shape index (κ3) is 5.31. The van der Waals surface area contributed by atoms with Crippen molar-refractivity contribution in [3.05, 3.63) is 22.6 Å². The van der Waals surface area contributed by atoms with Gasteiger partial charge in [-0.25, -0.2) is 0 Å². The molecule has 1 aliphatic rings. The summed E-state index contributed by atoms with van der Waals surface area (Å²) in [5.74, 6) is 1.55. The van der Waals surface area contributed by atoms with E-state index in [0.29, 0.717) is 30.6 Å². The second-order valence-electron chi connectivity index (χ2n) is 8.07. The number of ether oxygens (including phenoxy) is 1. The standard InChI is InChI=1S/C22H32N6O2S/c1-15-16(2)27(11-8-12-30-4)21(19(15)13-23)24-20(29)14-31-22-26-25-17(3)28(22)18-9-6-5-7-10-18/h18H,5-12,14H2,1-4H3,(H,24,29). The zero-order chi connectivity index (χ0) is 22.4. The zero-order valence-corrected chi connectivity index (χ0v) is 19.7. The second kappa shape index (κ2) is 10.8. The van der Waals surface area contributed by atoms with Crippen LogP contribution in [0.3, 0.4) is 0 Å². The van der Waals surface area contributed by atoms with Gasteiger partial charge in [0.2, 0.25) is 5.91 Å². The third-order valence-corrected chi connectivity index (χ3v) is 6.98. The van der Waals surface area contributed by atoms with Crippen molar-refractivity contribution in [2.45, 2.75) is 77.0 Å². The molecular weight excluding hydrogens is 412 g/mol. The van der Waals surface area contributed by atoms with Crippen molar-refractivity contribution < 1.29 is 9.53 Å². The van der Waals surface area contributed by atoms with Crippen LogP contribution in [-0.4, -0.2) is 44.7 Å². The molecule has 0 atom stereocenters. The van der Waals surface area contributed by atoms with Crippen molar-refractivity contribution in [2.24, 2.45) is 0 Å². The first-order valence-corrected chi connectivity index (χ1v) is 11.9. The molecule has 0 spiro atoms. The Kier molecular flexibility index (Phi) is 8.15. The first kappa shape index (κ1) is 23.4. The summed E-state index contributed by atoms with van der Waals surface area (Å²) >= 11 is 1.41. The van der Waals surface area contributed by atoms with Crippen LogP contribution in [-0.2, 0) is 16.1 Å². The number of nitriles is 1. The Bertz CT molecular complexity index is 952. The van der Waals surface area contributed by atoms with Crippen LogP contribution >= 0.6 is 11.8 Å². The van der Waals surface area contributed by atoms with Crippen molar-refractivity contribution >= 4 is 23.5 Å². The Morgan fingerprint density at radius 3 is 2.68 bits per heavy atom. The van der Waals surface area contributed by atoms with Crippen LogP contribution in [0.25, 0.3) is 0 Å². The Balaban J connectivity index is 1.71. The predicted octanol–water partition coefficient (Wildman–Crippen LogP) is 4.15. The molecule has 2 aromatic heterocycles. The van der Waals surface area contributed by atoms with Crippen LogP contribution in [0.4, 0.5) is 5.82 Å². The monoisotopic (exact) mass is 444 g/mol. The highest BCUT2D eigenvalue weighted by molar-refractivity contribution is 7.99. The topological polar surface area (TPSA) is 97.8 Å². The molecule has 0 aliphatic heterocycles. The van der Waals surface area contributed by atoms with E-state index in [1.165, 1.54) is 31.0 Å². The Morgan fingerprint density at radius 2 is 2.00 bits per heavy atom. The zero-order valence-electron chi connectivity index (χ0n) is 18.9. The van der Waals surface area contributed by atoms with Crippen molar-refractivity contribution in [2.75, 3.05) is 24.8 Å². The van der Waals surface area contributed by atoms with Crippen molar-refractivity contribution in [3.63, 3.8) is 0 Å². The fourth-order valence-corrected chi connectivity index (χ4v) is 5.13. The van der Waals surface area contributed by atoms with Gasteiger partial charge in [0.05, 0.1) is 11.3 Å². The molecule has 8 nitrogen and oxygen atoms in total. The number of carbonyl (C=O) groups is 1. The van der Waals surface area contributed by atoms with Gasteiger partial charge in [0.25, 0.3) is 0 Å². The van der Waals surface area contributed by atoms with E-state index in [1.807, 2.05) is 25.3 Å². The summed E-state index contributed by atoms with van der Waals surface area (Å²) in [6.45, 7) is 7.17. The average molecular weight is 445 g/mol. The number of anilines is 1. The first-order chi connectivity index (χ1) is 15.0.